The topological polar surface area (TPSA) is 68.3 Å². The number of hydrazine groups is 1. The SMILES string of the molecule is COc1ccc2c(c1)CN(OCCOc1ccc(F)cc1F)N2S(=O)(=O)c1ccc(C)cc1. The van der Waals surface area contributed by atoms with Gasteiger partial charge in [-0.25, -0.2) is 8.78 Å². The summed E-state index contributed by atoms with van der Waals surface area (Å²) in [5.41, 5.74) is 2.05. The first-order valence-electron chi connectivity index (χ1n) is 10.1. The number of anilines is 1. The summed E-state index contributed by atoms with van der Waals surface area (Å²) in [4.78, 5) is 5.81. The predicted molar refractivity (Wildman–Crippen MR) is 117 cm³/mol. The van der Waals surface area contributed by atoms with Crippen molar-refractivity contribution in [2.45, 2.75) is 18.4 Å². The van der Waals surface area contributed by atoms with Gasteiger partial charge in [0.05, 0.1) is 24.2 Å². The Bertz CT molecular complexity index is 1250. The maximum absolute atomic E-state index is 13.7. The van der Waals surface area contributed by atoms with Gasteiger partial charge in [0.15, 0.2) is 11.6 Å². The molecule has 0 N–H and O–H groups in total. The van der Waals surface area contributed by atoms with Gasteiger partial charge in [-0.2, -0.15) is 12.8 Å². The second kappa shape index (κ2) is 9.34. The lowest BCUT2D eigenvalue weighted by molar-refractivity contribution is -0.161. The van der Waals surface area contributed by atoms with Crippen LogP contribution >= 0.6 is 0 Å². The van der Waals surface area contributed by atoms with E-state index in [0.717, 1.165) is 22.1 Å². The number of aryl methyl sites for hydroxylation is 1. The van der Waals surface area contributed by atoms with Crippen LogP contribution in [0.5, 0.6) is 11.5 Å². The first kappa shape index (κ1) is 23.0. The molecule has 33 heavy (non-hydrogen) atoms. The van der Waals surface area contributed by atoms with E-state index in [9.17, 15) is 17.2 Å². The first-order valence-corrected chi connectivity index (χ1v) is 11.5. The Kier molecular flexibility index (Phi) is 6.50. The zero-order chi connectivity index (χ0) is 23.6. The minimum atomic E-state index is -3.99. The first-order chi connectivity index (χ1) is 15.8. The lowest BCUT2D eigenvalue weighted by atomic mass is 10.2. The summed E-state index contributed by atoms with van der Waals surface area (Å²) in [5, 5.41) is 1.21. The van der Waals surface area contributed by atoms with Crippen molar-refractivity contribution >= 4 is 15.7 Å². The fraction of sp³-hybridized carbons (Fsp3) is 0.217. The molecule has 3 aromatic carbocycles. The summed E-state index contributed by atoms with van der Waals surface area (Å²) < 4.78 is 65.4. The van der Waals surface area contributed by atoms with Gasteiger partial charge in [-0.3, -0.25) is 4.84 Å². The van der Waals surface area contributed by atoms with Crippen molar-refractivity contribution < 1.29 is 31.5 Å². The molecule has 3 aromatic rings. The molecule has 0 amide bonds. The van der Waals surface area contributed by atoms with E-state index in [2.05, 4.69) is 0 Å². The smallest absolute Gasteiger partial charge is 0.279 e. The maximum Gasteiger partial charge on any atom is 0.279 e. The van der Waals surface area contributed by atoms with Gasteiger partial charge in [-0.05, 0) is 49.4 Å². The highest BCUT2D eigenvalue weighted by atomic mass is 32.2. The van der Waals surface area contributed by atoms with E-state index in [1.54, 1.807) is 30.3 Å². The molecule has 0 spiro atoms. The zero-order valence-corrected chi connectivity index (χ0v) is 18.8. The summed E-state index contributed by atoms with van der Waals surface area (Å²) >= 11 is 0. The van der Waals surface area contributed by atoms with Crippen LogP contribution in [0.4, 0.5) is 14.5 Å². The Balaban J connectivity index is 1.54. The van der Waals surface area contributed by atoms with Crippen LogP contribution in [0.3, 0.4) is 0 Å². The van der Waals surface area contributed by atoms with E-state index in [1.165, 1.54) is 30.5 Å². The summed E-state index contributed by atoms with van der Waals surface area (Å²) in [6, 6.07) is 14.5. The molecule has 0 saturated heterocycles. The number of halogens is 2. The van der Waals surface area contributed by atoms with Gasteiger partial charge < -0.3 is 9.47 Å². The minimum absolute atomic E-state index is 0.0815. The standard InChI is InChI=1S/C23H22F2N2O5S/c1-16-3-7-20(8-4-16)33(28,29)27-22-9-6-19(30-2)13-17(22)15-26(27)32-12-11-31-23-10-5-18(24)14-21(23)25/h3-10,13-14H,11-12,15H2,1-2H3. The van der Waals surface area contributed by atoms with E-state index >= 15 is 0 Å². The molecule has 0 unspecified atom stereocenters. The fourth-order valence-corrected chi connectivity index (χ4v) is 4.84. The Morgan fingerprint density at radius 2 is 1.73 bits per heavy atom. The molecule has 1 heterocycles. The molecular weight excluding hydrogens is 454 g/mol. The molecule has 174 valence electrons. The highest BCUT2D eigenvalue weighted by Gasteiger charge is 2.38. The van der Waals surface area contributed by atoms with Crippen LogP contribution in [0, 0.1) is 18.6 Å². The predicted octanol–water partition coefficient (Wildman–Crippen LogP) is 4.22. The lowest BCUT2D eigenvalue weighted by Crippen LogP contribution is -2.42. The van der Waals surface area contributed by atoms with Crippen molar-refractivity contribution in [2.75, 3.05) is 24.7 Å². The third-order valence-electron chi connectivity index (χ3n) is 5.02. The van der Waals surface area contributed by atoms with E-state index in [1.807, 2.05) is 6.92 Å². The van der Waals surface area contributed by atoms with Gasteiger partial charge in [-0.1, -0.05) is 22.9 Å². The third-order valence-corrected chi connectivity index (χ3v) is 6.72. The highest BCUT2D eigenvalue weighted by molar-refractivity contribution is 7.92. The molecule has 0 atom stereocenters. The van der Waals surface area contributed by atoms with Crippen molar-refractivity contribution in [1.82, 2.24) is 5.17 Å². The van der Waals surface area contributed by atoms with Crippen LogP contribution in [-0.2, 0) is 21.4 Å². The second-order valence-corrected chi connectivity index (χ2v) is 9.09. The molecule has 1 aliphatic heterocycles. The molecule has 1 aliphatic rings. The van der Waals surface area contributed by atoms with Crippen LogP contribution < -0.4 is 13.9 Å². The van der Waals surface area contributed by atoms with Crippen molar-refractivity contribution in [2.24, 2.45) is 0 Å². The van der Waals surface area contributed by atoms with Crippen molar-refractivity contribution in [1.29, 1.82) is 0 Å². The molecule has 0 bridgehead atoms. The summed E-state index contributed by atoms with van der Waals surface area (Å²) in [6.07, 6.45) is 0. The number of fused-ring (bicyclic) bond motifs is 1. The molecule has 0 aliphatic carbocycles. The Labute approximate surface area is 190 Å². The summed E-state index contributed by atoms with van der Waals surface area (Å²) in [6.45, 7) is 1.84. The number of nitrogens with zero attached hydrogens (tertiary/aromatic N) is 2. The largest absolute Gasteiger partial charge is 0.497 e. The summed E-state index contributed by atoms with van der Waals surface area (Å²) in [5.74, 6) is -1.09. The number of sulfonamides is 1. The van der Waals surface area contributed by atoms with Gasteiger partial charge in [0.25, 0.3) is 10.0 Å². The molecule has 0 fully saturated rings. The number of rotatable bonds is 8. The second-order valence-electron chi connectivity index (χ2n) is 7.32. The van der Waals surface area contributed by atoms with Gasteiger partial charge in [-0.15, -0.1) is 0 Å². The quantitative estimate of drug-likeness (QED) is 0.454. The van der Waals surface area contributed by atoms with Crippen LogP contribution in [-0.4, -0.2) is 33.9 Å². The zero-order valence-electron chi connectivity index (χ0n) is 18.0. The van der Waals surface area contributed by atoms with Gasteiger partial charge in [0.1, 0.15) is 24.8 Å². The Morgan fingerprint density at radius 1 is 0.970 bits per heavy atom. The van der Waals surface area contributed by atoms with Gasteiger partial charge >= 0.3 is 0 Å². The van der Waals surface area contributed by atoms with Crippen LogP contribution in [0.1, 0.15) is 11.1 Å². The molecule has 0 radical (unpaired) electrons. The number of benzene rings is 3. The van der Waals surface area contributed by atoms with Crippen molar-refractivity contribution in [3.8, 4) is 11.5 Å². The van der Waals surface area contributed by atoms with E-state index in [-0.39, 0.29) is 30.4 Å². The number of methoxy groups -OCH3 is 1. The summed E-state index contributed by atoms with van der Waals surface area (Å²) in [7, 11) is -2.46. The number of hydrogen-bond acceptors (Lipinski definition) is 6. The normalized spacial score (nSPS) is 13.8. The number of hydrogen-bond donors (Lipinski definition) is 0. The van der Waals surface area contributed by atoms with Gasteiger partial charge in [0.2, 0.25) is 0 Å². The number of ether oxygens (including phenoxy) is 2. The van der Waals surface area contributed by atoms with Crippen LogP contribution in [0.2, 0.25) is 0 Å². The third kappa shape index (κ3) is 4.77. The lowest BCUT2D eigenvalue weighted by Gasteiger charge is -2.28. The maximum atomic E-state index is 13.7. The molecule has 7 nitrogen and oxygen atoms in total. The Hall–Kier alpha value is -3.21. The molecule has 10 heteroatoms. The average Bonchev–Trinajstić information content (AvgIpc) is 3.16. The van der Waals surface area contributed by atoms with Crippen molar-refractivity contribution in [3.63, 3.8) is 0 Å². The number of hydroxylamine groups is 1. The molecule has 4 rings (SSSR count). The highest BCUT2D eigenvalue weighted by Crippen LogP contribution is 2.38. The van der Waals surface area contributed by atoms with E-state index in [0.29, 0.717) is 17.0 Å². The monoisotopic (exact) mass is 476 g/mol. The van der Waals surface area contributed by atoms with Crippen LogP contribution in [0.15, 0.2) is 65.6 Å². The molecule has 0 saturated carbocycles. The van der Waals surface area contributed by atoms with E-state index < -0.39 is 21.7 Å². The van der Waals surface area contributed by atoms with Crippen LogP contribution in [0.25, 0.3) is 0 Å². The van der Waals surface area contributed by atoms with E-state index in [4.69, 9.17) is 14.3 Å². The minimum Gasteiger partial charge on any atom is -0.497 e. The van der Waals surface area contributed by atoms with Gasteiger partial charge in [0, 0.05) is 11.6 Å². The molecular formula is C23H22F2N2O5S. The Morgan fingerprint density at radius 3 is 2.42 bits per heavy atom. The fourth-order valence-electron chi connectivity index (χ4n) is 3.38. The molecule has 0 aromatic heterocycles. The van der Waals surface area contributed by atoms with Crippen molar-refractivity contribution in [3.05, 3.63) is 83.4 Å². The average molecular weight is 477 g/mol.